The van der Waals surface area contributed by atoms with Crippen molar-refractivity contribution in [1.82, 2.24) is 4.31 Å². The third-order valence-electron chi connectivity index (χ3n) is 4.38. The summed E-state index contributed by atoms with van der Waals surface area (Å²) in [6.45, 7) is 0.337. The predicted molar refractivity (Wildman–Crippen MR) is 103 cm³/mol. The van der Waals surface area contributed by atoms with E-state index in [1.165, 1.54) is 46.8 Å². The number of carbonyl (C=O) groups excluding carboxylic acids is 1. The fraction of sp³-hybridized carbons (Fsp3) is 0.278. The van der Waals surface area contributed by atoms with Crippen LogP contribution in [0, 0.1) is 11.7 Å². The molecular formula is C18H17Cl2FN2O3S. The van der Waals surface area contributed by atoms with Crippen molar-refractivity contribution < 1.29 is 17.6 Å². The number of benzene rings is 2. The smallest absolute Gasteiger partial charge is 0.244 e. The van der Waals surface area contributed by atoms with Gasteiger partial charge in [0.1, 0.15) is 10.7 Å². The van der Waals surface area contributed by atoms with Crippen molar-refractivity contribution in [3.05, 3.63) is 58.3 Å². The summed E-state index contributed by atoms with van der Waals surface area (Å²) in [4.78, 5) is 12.4. The van der Waals surface area contributed by atoms with Gasteiger partial charge in [0.15, 0.2) is 0 Å². The van der Waals surface area contributed by atoms with Crippen LogP contribution in [0.3, 0.4) is 0 Å². The van der Waals surface area contributed by atoms with Crippen LogP contribution in [0.25, 0.3) is 0 Å². The summed E-state index contributed by atoms with van der Waals surface area (Å²) in [6.07, 6.45) is 1.10. The Labute approximate surface area is 167 Å². The average molecular weight is 431 g/mol. The molecule has 1 aliphatic heterocycles. The number of rotatable bonds is 4. The molecule has 0 radical (unpaired) electrons. The van der Waals surface area contributed by atoms with Crippen molar-refractivity contribution >= 4 is 44.8 Å². The molecule has 1 saturated heterocycles. The number of hydrogen-bond donors (Lipinski definition) is 1. The zero-order valence-electron chi connectivity index (χ0n) is 14.2. The van der Waals surface area contributed by atoms with Crippen LogP contribution in [0.5, 0.6) is 0 Å². The number of anilines is 1. The molecule has 0 spiro atoms. The lowest BCUT2D eigenvalue weighted by atomic mass is 9.99. The Balaban J connectivity index is 1.76. The van der Waals surface area contributed by atoms with E-state index in [0.717, 1.165) is 0 Å². The molecule has 1 amide bonds. The van der Waals surface area contributed by atoms with Gasteiger partial charge in [0.05, 0.1) is 10.9 Å². The van der Waals surface area contributed by atoms with Gasteiger partial charge in [0.2, 0.25) is 15.9 Å². The molecule has 1 heterocycles. The quantitative estimate of drug-likeness (QED) is 0.790. The molecule has 3 rings (SSSR count). The van der Waals surface area contributed by atoms with Crippen molar-refractivity contribution in [2.45, 2.75) is 17.7 Å². The molecule has 0 bridgehead atoms. The van der Waals surface area contributed by atoms with Gasteiger partial charge >= 0.3 is 0 Å². The van der Waals surface area contributed by atoms with Gasteiger partial charge in [0, 0.05) is 23.8 Å². The Morgan fingerprint density at radius 2 is 1.85 bits per heavy atom. The molecule has 5 nitrogen and oxygen atoms in total. The number of nitrogens with one attached hydrogen (secondary N) is 1. The number of piperidine rings is 1. The van der Waals surface area contributed by atoms with Crippen molar-refractivity contribution in [2.75, 3.05) is 18.4 Å². The molecule has 0 unspecified atom stereocenters. The monoisotopic (exact) mass is 430 g/mol. The Morgan fingerprint density at radius 3 is 2.56 bits per heavy atom. The maximum atomic E-state index is 13.0. The number of sulfonamides is 1. The normalized spacial score (nSPS) is 18.3. The fourth-order valence-corrected chi connectivity index (χ4v) is 5.23. The van der Waals surface area contributed by atoms with Crippen LogP contribution in [-0.4, -0.2) is 31.7 Å². The van der Waals surface area contributed by atoms with Gasteiger partial charge in [-0.25, -0.2) is 12.8 Å². The highest BCUT2D eigenvalue weighted by Gasteiger charge is 2.34. The molecule has 144 valence electrons. The zero-order valence-corrected chi connectivity index (χ0v) is 16.5. The van der Waals surface area contributed by atoms with Crippen molar-refractivity contribution in [2.24, 2.45) is 5.92 Å². The lowest BCUT2D eigenvalue weighted by Crippen LogP contribution is -2.43. The van der Waals surface area contributed by atoms with Gasteiger partial charge in [-0.2, -0.15) is 4.31 Å². The molecule has 2 aromatic rings. The Morgan fingerprint density at radius 1 is 1.15 bits per heavy atom. The van der Waals surface area contributed by atoms with Crippen LogP contribution in [0.1, 0.15) is 12.8 Å². The molecule has 0 aliphatic carbocycles. The number of amides is 1. The van der Waals surface area contributed by atoms with E-state index in [1.54, 1.807) is 0 Å². The van der Waals surface area contributed by atoms with Gasteiger partial charge in [0.25, 0.3) is 0 Å². The maximum Gasteiger partial charge on any atom is 0.244 e. The lowest BCUT2D eigenvalue weighted by molar-refractivity contribution is -0.120. The molecule has 1 fully saturated rings. The van der Waals surface area contributed by atoms with Gasteiger partial charge in [-0.15, -0.1) is 0 Å². The molecule has 9 heteroatoms. The summed E-state index contributed by atoms with van der Waals surface area (Å²) in [5.41, 5.74) is 0.458. The minimum absolute atomic E-state index is 0.0399. The van der Waals surface area contributed by atoms with E-state index in [1.807, 2.05) is 0 Å². The second-order valence-electron chi connectivity index (χ2n) is 6.27. The molecular weight excluding hydrogens is 414 g/mol. The van der Waals surface area contributed by atoms with Crippen LogP contribution in [0.4, 0.5) is 10.1 Å². The van der Waals surface area contributed by atoms with Crippen LogP contribution in [0.2, 0.25) is 10.0 Å². The van der Waals surface area contributed by atoms with E-state index in [4.69, 9.17) is 23.2 Å². The minimum atomic E-state index is -3.87. The van der Waals surface area contributed by atoms with E-state index in [-0.39, 0.29) is 27.4 Å². The molecule has 2 aromatic carbocycles. The highest BCUT2D eigenvalue weighted by molar-refractivity contribution is 7.89. The first-order valence-electron chi connectivity index (χ1n) is 8.29. The van der Waals surface area contributed by atoms with Crippen LogP contribution >= 0.6 is 23.2 Å². The fourth-order valence-electron chi connectivity index (χ4n) is 2.97. The summed E-state index contributed by atoms with van der Waals surface area (Å²) in [5, 5.41) is 3.04. The van der Waals surface area contributed by atoms with E-state index in [0.29, 0.717) is 25.1 Å². The second kappa shape index (κ2) is 8.14. The first-order valence-corrected chi connectivity index (χ1v) is 10.5. The summed E-state index contributed by atoms with van der Waals surface area (Å²) in [5.74, 6) is -1.23. The summed E-state index contributed by atoms with van der Waals surface area (Å²) < 4.78 is 40.1. The third kappa shape index (κ3) is 4.60. The summed E-state index contributed by atoms with van der Waals surface area (Å²) in [6, 6.07) is 9.65. The van der Waals surface area contributed by atoms with E-state index >= 15 is 0 Å². The summed E-state index contributed by atoms with van der Waals surface area (Å²) >= 11 is 12.0. The molecule has 1 atom stereocenters. The van der Waals surface area contributed by atoms with E-state index in [9.17, 15) is 17.6 Å². The van der Waals surface area contributed by atoms with Gasteiger partial charge in [-0.3, -0.25) is 4.79 Å². The molecule has 0 aromatic heterocycles. The molecule has 1 aliphatic rings. The van der Waals surface area contributed by atoms with Gasteiger partial charge in [-0.1, -0.05) is 23.2 Å². The first-order chi connectivity index (χ1) is 12.8. The van der Waals surface area contributed by atoms with E-state index < -0.39 is 21.8 Å². The van der Waals surface area contributed by atoms with Crippen LogP contribution < -0.4 is 5.32 Å². The number of hydrogen-bond acceptors (Lipinski definition) is 3. The average Bonchev–Trinajstić information content (AvgIpc) is 2.65. The topological polar surface area (TPSA) is 66.5 Å². The minimum Gasteiger partial charge on any atom is -0.326 e. The highest BCUT2D eigenvalue weighted by atomic mass is 35.5. The van der Waals surface area contributed by atoms with Crippen molar-refractivity contribution in [3.63, 3.8) is 0 Å². The third-order valence-corrected chi connectivity index (χ3v) is 6.96. The maximum absolute atomic E-state index is 13.0. The van der Waals surface area contributed by atoms with Crippen LogP contribution in [0.15, 0.2) is 47.4 Å². The molecule has 27 heavy (non-hydrogen) atoms. The largest absolute Gasteiger partial charge is 0.326 e. The van der Waals surface area contributed by atoms with Crippen molar-refractivity contribution in [3.8, 4) is 0 Å². The first kappa shape index (κ1) is 20.1. The van der Waals surface area contributed by atoms with Gasteiger partial charge < -0.3 is 5.32 Å². The number of carbonyl (C=O) groups is 1. The lowest BCUT2D eigenvalue weighted by Gasteiger charge is -2.31. The Hall–Kier alpha value is -1.67. The van der Waals surface area contributed by atoms with Gasteiger partial charge in [-0.05, 0) is 55.3 Å². The predicted octanol–water partition coefficient (Wildman–Crippen LogP) is 4.17. The zero-order chi connectivity index (χ0) is 19.6. The summed E-state index contributed by atoms with van der Waals surface area (Å²) in [7, 11) is -3.87. The highest BCUT2D eigenvalue weighted by Crippen LogP contribution is 2.30. The Bertz CT molecular complexity index is 952. The molecule has 1 N–H and O–H groups in total. The van der Waals surface area contributed by atoms with Crippen molar-refractivity contribution in [1.29, 1.82) is 0 Å². The molecule has 0 saturated carbocycles. The Kier molecular flexibility index (Phi) is 6.05. The standard InChI is InChI=1S/C18H17Cl2FN2O3S/c19-13-3-8-16(20)17(10-13)27(25,26)23-9-1-2-12(11-23)18(24)22-15-6-4-14(21)5-7-15/h3-8,10,12H,1-2,9,11H2,(H,22,24)/t12-/m0/s1. The number of halogens is 3. The second-order valence-corrected chi connectivity index (χ2v) is 9.02. The van der Waals surface area contributed by atoms with E-state index in [2.05, 4.69) is 5.32 Å². The SMILES string of the molecule is O=C(Nc1ccc(F)cc1)[C@H]1CCCN(S(=O)(=O)c2cc(Cl)ccc2Cl)C1. The number of nitrogens with zero attached hydrogens (tertiary/aromatic N) is 1. The van der Waals surface area contributed by atoms with Crippen LogP contribution in [-0.2, 0) is 14.8 Å².